The Morgan fingerprint density at radius 3 is 2.75 bits per heavy atom. The van der Waals surface area contributed by atoms with E-state index in [2.05, 4.69) is 26.3 Å². The molecule has 0 fully saturated rings. The molecular weight excluding hydrogens is 434 g/mol. The predicted octanol–water partition coefficient (Wildman–Crippen LogP) is 2.49. The number of nitrogens with one attached hydrogen (secondary N) is 4. The molecule has 0 saturated carbocycles. The van der Waals surface area contributed by atoms with Gasteiger partial charge < -0.3 is 26.4 Å². The molecule has 168 valence electrons. The van der Waals surface area contributed by atoms with Gasteiger partial charge in [0.15, 0.2) is 5.96 Å². The topological polar surface area (TPSA) is 132 Å². The molecule has 2 aromatic rings. The van der Waals surface area contributed by atoms with Crippen LogP contribution in [0.4, 0.5) is 11.4 Å². The molecule has 9 nitrogen and oxygen atoms in total. The van der Waals surface area contributed by atoms with Crippen LogP contribution in [-0.4, -0.2) is 48.5 Å². The third-order valence-electron chi connectivity index (χ3n) is 4.64. The Hall–Kier alpha value is -3.59. The number of carboxylic acid groups (broad SMARTS) is 1. The summed E-state index contributed by atoms with van der Waals surface area (Å²) in [5, 5.41) is 20.9. The Labute approximate surface area is 190 Å². The Morgan fingerprint density at radius 1 is 1.16 bits per heavy atom. The zero-order valence-electron chi connectivity index (χ0n) is 17.3. The first-order valence-electron chi connectivity index (χ1n) is 10.1. The lowest BCUT2D eigenvalue weighted by Gasteiger charge is -2.16. The third-order valence-corrected chi connectivity index (χ3v) is 4.88. The lowest BCUT2D eigenvalue weighted by atomic mass is 10.1. The van der Waals surface area contributed by atoms with E-state index in [9.17, 15) is 14.4 Å². The van der Waals surface area contributed by atoms with Crippen molar-refractivity contribution in [3.63, 3.8) is 0 Å². The Bertz CT molecular complexity index is 1040. The maximum Gasteiger partial charge on any atom is 0.303 e. The van der Waals surface area contributed by atoms with Crippen LogP contribution in [-0.2, 0) is 16.0 Å². The third kappa shape index (κ3) is 6.98. The number of aryl methyl sites for hydroxylation is 1. The molecule has 32 heavy (non-hydrogen) atoms. The van der Waals surface area contributed by atoms with Gasteiger partial charge in [0.05, 0.1) is 6.54 Å². The standard InChI is InChI=1S/C22H24ClN5O4/c23-16-6-7-18(14(11-16)5-8-20(30)31)28-19(29)13-26-21(32)15-3-1-4-17(12-15)27-22-24-9-2-10-25-22/h1,3-4,6-7,11-12H,2,5,8-10,13H2,(H,26,32)(H,28,29)(H,30,31)(H2,24,25,27). The number of nitrogens with zero attached hydrogens (tertiary/aromatic N) is 1. The number of aliphatic carboxylic acids is 1. The number of carbonyl (C=O) groups is 3. The minimum atomic E-state index is -0.947. The van der Waals surface area contributed by atoms with Gasteiger partial charge in [-0.3, -0.25) is 19.4 Å². The smallest absolute Gasteiger partial charge is 0.303 e. The second-order valence-corrected chi connectivity index (χ2v) is 7.58. The fourth-order valence-corrected chi connectivity index (χ4v) is 3.28. The van der Waals surface area contributed by atoms with E-state index < -0.39 is 17.8 Å². The number of amides is 2. The van der Waals surface area contributed by atoms with Crippen molar-refractivity contribution in [1.82, 2.24) is 10.6 Å². The number of aliphatic imine (C=N–C) groups is 1. The van der Waals surface area contributed by atoms with Gasteiger partial charge in [-0.2, -0.15) is 0 Å². The predicted molar refractivity (Wildman–Crippen MR) is 123 cm³/mol. The summed E-state index contributed by atoms with van der Waals surface area (Å²) in [6, 6.07) is 11.7. The molecule has 3 rings (SSSR count). The van der Waals surface area contributed by atoms with Crippen molar-refractivity contribution in [2.45, 2.75) is 19.3 Å². The summed E-state index contributed by atoms with van der Waals surface area (Å²) in [5.74, 6) is -1.12. The van der Waals surface area contributed by atoms with E-state index in [1.807, 2.05) is 6.07 Å². The number of hydrogen-bond donors (Lipinski definition) is 5. The van der Waals surface area contributed by atoms with Crippen molar-refractivity contribution in [2.75, 3.05) is 30.3 Å². The monoisotopic (exact) mass is 457 g/mol. The summed E-state index contributed by atoms with van der Waals surface area (Å²) >= 11 is 5.98. The van der Waals surface area contributed by atoms with Gasteiger partial charge >= 0.3 is 5.97 Å². The highest BCUT2D eigenvalue weighted by atomic mass is 35.5. The van der Waals surface area contributed by atoms with Gasteiger partial charge in [-0.25, -0.2) is 0 Å². The van der Waals surface area contributed by atoms with Crippen molar-refractivity contribution in [1.29, 1.82) is 0 Å². The molecule has 0 spiro atoms. The normalized spacial score (nSPS) is 12.8. The van der Waals surface area contributed by atoms with Crippen LogP contribution in [0, 0.1) is 0 Å². The van der Waals surface area contributed by atoms with Gasteiger partial charge in [-0.15, -0.1) is 0 Å². The maximum atomic E-state index is 12.5. The van der Waals surface area contributed by atoms with Crippen molar-refractivity contribution in [2.24, 2.45) is 4.99 Å². The average molecular weight is 458 g/mol. The number of benzene rings is 2. The minimum Gasteiger partial charge on any atom is -0.481 e. The van der Waals surface area contributed by atoms with E-state index in [1.165, 1.54) is 0 Å². The van der Waals surface area contributed by atoms with Gasteiger partial charge in [0.1, 0.15) is 0 Å². The van der Waals surface area contributed by atoms with Crippen molar-refractivity contribution in [3.05, 3.63) is 58.6 Å². The number of halogens is 1. The fourth-order valence-electron chi connectivity index (χ4n) is 3.08. The maximum absolute atomic E-state index is 12.5. The summed E-state index contributed by atoms with van der Waals surface area (Å²) < 4.78 is 0. The summed E-state index contributed by atoms with van der Waals surface area (Å²) in [6.45, 7) is 1.34. The van der Waals surface area contributed by atoms with Gasteiger partial charge in [-0.05, 0) is 54.8 Å². The average Bonchev–Trinajstić information content (AvgIpc) is 2.78. The molecule has 1 heterocycles. The van der Waals surface area contributed by atoms with Gasteiger partial charge in [-0.1, -0.05) is 17.7 Å². The van der Waals surface area contributed by atoms with Gasteiger partial charge in [0, 0.05) is 41.5 Å². The summed E-state index contributed by atoms with van der Waals surface area (Å²) in [6.07, 6.45) is 1.11. The van der Waals surface area contributed by atoms with E-state index >= 15 is 0 Å². The van der Waals surface area contributed by atoms with Crippen LogP contribution in [0.1, 0.15) is 28.8 Å². The SMILES string of the molecule is O=C(O)CCc1cc(Cl)ccc1NC(=O)CNC(=O)c1cccc(NC2=NCCCN2)c1. The van der Waals surface area contributed by atoms with Crippen LogP contribution in [0.15, 0.2) is 47.5 Å². The molecule has 0 aromatic heterocycles. The largest absolute Gasteiger partial charge is 0.481 e. The number of carbonyl (C=O) groups excluding carboxylic acids is 2. The first-order valence-corrected chi connectivity index (χ1v) is 10.5. The van der Waals surface area contributed by atoms with Crippen LogP contribution in [0.25, 0.3) is 0 Å². The molecule has 0 radical (unpaired) electrons. The highest BCUT2D eigenvalue weighted by molar-refractivity contribution is 6.30. The van der Waals surface area contributed by atoms with Crippen LogP contribution >= 0.6 is 11.6 Å². The van der Waals surface area contributed by atoms with E-state index in [0.717, 1.165) is 19.5 Å². The minimum absolute atomic E-state index is 0.0910. The van der Waals surface area contributed by atoms with Gasteiger partial charge in [0.25, 0.3) is 5.91 Å². The lowest BCUT2D eigenvalue weighted by molar-refractivity contribution is -0.137. The zero-order chi connectivity index (χ0) is 22.9. The number of rotatable bonds is 8. The molecule has 0 unspecified atom stereocenters. The molecule has 0 saturated heterocycles. The molecule has 10 heteroatoms. The molecule has 2 aromatic carbocycles. The molecule has 0 bridgehead atoms. The number of anilines is 2. The van der Waals surface area contributed by atoms with Crippen LogP contribution in [0.2, 0.25) is 5.02 Å². The summed E-state index contributed by atoms with van der Waals surface area (Å²) in [4.78, 5) is 40.0. The molecule has 0 aliphatic carbocycles. The van der Waals surface area contributed by atoms with E-state index in [1.54, 1.807) is 36.4 Å². The van der Waals surface area contributed by atoms with E-state index in [-0.39, 0.29) is 19.4 Å². The summed E-state index contributed by atoms with van der Waals surface area (Å²) in [7, 11) is 0. The van der Waals surface area contributed by atoms with Crippen LogP contribution in [0.5, 0.6) is 0 Å². The van der Waals surface area contributed by atoms with E-state index in [0.29, 0.717) is 33.5 Å². The second kappa shape index (κ2) is 11.1. The molecule has 1 aliphatic heterocycles. The Morgan fingerprint density at radius 2 is 2.00 bits per heavy atom. The Kier molecular flexibility index (Phi) is 8.04. The van der Waals surface area contributed by atoms with Crippen LogP contribution in [0.3, 0.4) is 0 Å². The lowest BCUT2D eigenvalue weighted by Crippen LogP contribution is -2.35. The Balaban J connectivity index is 1.56. The second-order valence-electron chi connectivity index (χ2n) is 7.14. The fraction of sp³-hybridized carbons (Fsp3) is 0.273. The number of hydrogen-bond acceptors (Lipinski definition) is 6. The first kappa shape index (κ1) is 23.1. The summed E-state index contributed by atoms with van der Waals surface area (Å²) in [5.41, 5.74) is 2.17. The van der Waals surface area contributed by atoms with Crippen molar-refractivity contribution >= 4 is 46.7 Å². The first-order chi connectivity index (χ1) is 15.4. The zero-order valence-corrected chi connectivity index (χ0v) is 18.0. The number of guanidine groups is 1. The quantitative estimate of drug-likeness (QED) is 0.413. The molecule has 1 aliphatic rings. The molecule has 5 N–H and O–H groups in total. The highest BCUT2D eigenvalue weighted by Crippen LogP contribution is 2.22. The van der Waals surface area contributed by atoms with Crippen molar-refractivity contribution in [3.8, 4) is 0 Å². The molecule has 0 atom stereocenters. The van der Waals surface area contributed by atoms with Gasteiger partial charge in [0.2, 0.25) is 5.91 Å². The highest BCUT2D eigenvalue weighted by Gasteiger charge is 2.12. The van der Waals surface area contributed by atoms with Crippen molar-refractivity contribution < 1.29 is 19.5 Å². The molecular formula is C22H24ClN5O4. The molecule has 2 amide bonds. The number of carboxylic acids is 1. The van der Waals surface area contributed by atoms with E-state index in [4.69, 9.17) is 16.7 Å². The van der Waals surface area contributed by atoms with Crippen LogP contribution < -0.4 is 21.3 Å².